The predicted molar refractivity (Wildman–Crippen MR) is 130 cm³/mol. The summed E-state index contributed by atoms with van der Waals surface area (Å²) in [5, 5.41) is 2.99. The molecule has 0 radical (unpaired) electrons. The van der Waals surface area contributed by atoms with E-state index in [4.69, 9.17) is 10.7 Å². The summed E-state index contributed by atoms with van der Waals surface area (Å²) in [5.41, 5.74) is 7.50. The fraction of sp³-hybridized carbons (Fsp3) is 0.640. The highest BCUT2D eigenvalue weighted by Gasteiger charge is 2.46. The quantitative estimate of drug-likeness (QED) is 0.559. The van der Waals surface area contributed by atoms with Crippen molar-refractivity contribution in [3.8, 4) is 0 Å². The highest BCUT2D eigenvalue weighted by atomic mass is 16.2. The first-order valence-electron chi connectivity index (χ1n) is 12.2. The van der Waals surface area contributed by atoms with E-state index >= 15 is 0 Å². The Bertz CT molecular complexity index is 829. The predicted octanol–water partition coefficient (Wildman–Crippen LogP) is 4.52. The molecule has 7 nitrogen and oxygen atoms in total. The van der Waals surface area contributed by atoms with Crippen molar-refractivity contribution in [1.29, 1.82) is 0 Å². The Morgan fingerprint density at radius 3 is 2.62 bits per heavy atom. The number of anilines is 1. The summed E-state index contributed by atoms with van der Waals surface area (Å²) in [7, 11) is 0. The normalized spacial score (nSPS) is 20.0. The molecule has 2 aliphatic heterocycles. The van der Waals surface area contributed by atoms with Crippen LogP contribution < -0.4 is 11.1 Å². The highest BCUT2D eigenvalue weighted by molar-refractivity contribution is 6.06. The average Bonchev–Trinajstić information content (AvgIpc) is 3.33. The van der Waals surface area contributed by atoms with E-state index in [0.29, 0.717) is 25.0 Å². The number of nitrogens with zero attached hydrogens (tertiary/aromatic N) is 3. The summed E-state index contributed by atoms with van der Waals surface area (Å²) >= 11 is 0. The Kier molecular flexibility index (Phi) is 8.15. The molecule has 3 amide bonds. The number of amides is 3. The molecule has 0 saturated carbocycles. The van der Waals surface area contributed by atoms with Gasteiger partial charge in [0.15, 0.2) is 5.96 Å². The first-order valence-corrected chi connectivity index (χ1v) is 12.2. The molecule has 0 aliphatic carbocycles. The number of carbonyl (C=O) groups excluding carboxylic acids is 2. The molecule has 3 rings (SSSR count). The summed E-state index contributed by atoms with van der Waals surface area (Å²) in [6.07, 6.45) is 7.36. The van der Waals surface area contributed by atoms with Crippen LogP contribution in [-0.2, 0) is 4.79 Å². The molecule has 0 bridgehead atoms. The van der Waals surface area contributed by atoms with Crippen molar-refractivity contribution in [3.05, 3.63) is 29.8 Å². The van der Waals surface area contributed by atoms with Crippen LogP contribution >= 0.6 is 0 Å². The molecule has 0 aromatic heterocycles. The van der Waals surface area contributed by atoms with Gasteiger partial charge in [-0.25, -0.2) is 9.79 Å². The van der Waals surface area contributed by atoms with Gasteiger partial charge in [0.1, 0.15) is 5.54 Å². The molecule has 3 N–H and O–H groups in total. The Morgan fingerprint density at radius 1 is 1.25 bits per heavy atom. The van der Waals surface area contributed by atoms with Crippen molar-refractivity contribution in [2.24, 2.45) is 16.6 Å². The largest absolute Gasteiger partial charge is 0.369 e. The van der Waals surface area contributed by atoms with Gasteiger partial charge in [0.2, 0.25) is 0 Å². The molecule has 2 heterocycles. The van der Waals surface area contributed by atoms with Crippen molar-refractivity contribution in [3.63, 3.8) is 0 Å². The number of rotatable bonds is 10. The second-order valence-corrected chi connectivity index (χ2v) is 9.35. The molecular formula is C25H39N5O2. The van der Waals surface area contributed by atoms with Crippen molar-refractivity contribution in [2.75, 3.05) is 25.0 Å². The number of urea groups is 1. The number of guanidine groups is 1. The third-order valence-electron chi connectivity index (χ3n) is 6.74. The fourth-order valence-electron chi connectivity index (χ4n) is 4.78. The van der Waals surface area contributed by atoms with Crippen LogP contribution in [0.5, 0.6) is 0 Å². The van der Waals surface area contributed by atoms with Crippen LogP contribution in [0.25, 0.3) is 0 Å². The number of benzene rings is 1. The van der Waals surface area contributed by atoms with Gasteiger partial charge in [-0.05, 0) is 56.2 Å². The minimum Gasteiger partial charge on any atom is -0.369 e. The molecule has 0 spiro atoms. The Balaban J connectivity index is 1.52. The van der Waals surface area contributed by atoms with Crippen molar-refractivity contribution < 1.29 is 9.59 Å². The molecule has 7 heteroatoms. The maximum Gasteiger partial charge on any atom is 0.321 e. The lowest BCUT2D eigenvalue weighted by Crippen LogP contribution is -2.45. The van der Waals surface area contributed by atoms with E-state index < -0.39 is 5.54 Å². The summed E-state index contributed by atoms with van der Waals surface area (Å²) in [5.74, 6) is 0.804. The van der Waals surface area contributed by atoms with Crippen molar-refractivity contribution in [2.45, 2.75) is 77.7 Å². The number of unbranched alkanes of at least 4 members (excludes halogenated alkanes) is 2. The number of carbonyl (C=O) groups is 2. The SMILES string of the molecule is CCCCC1(CCCC)N=C(N)N(CCC2CCN(C(=O)Nc3cccc(C)c3)C2)C1=O. The average molecular weight is 442 g/mol. The zero-order valence-corrected chi connectivity index (χ0v) is 19.9. The molecule has 1 saturated heterocycles. The summed E-state index contributed by atoms with van der Waals surface area (Å²) in [6, 6.07) is 7.76. The van der Waals surface area contributed by atoms with E-state index in [-0.39, 0.29) is 11.9 Å². The standard InChI is InChI=1S/C25H39N5O2/c1-4-6-13-25(14-7-5-2)22(31)30(23(26)28-25)16-12-20-11-15-29(18-20)24(32)27-21-10-8-9-19(3)17-21/h8-10,17,20H,4-7,11-16,18H2,1-3H3,(H2,26,28)(H,27,32). The topological polar surface area (TPSA) is 91.0 Å². The monoisotopic (exact) mass is 441 g/mol. The zero-order chi connectivity index (χ0) is 23.1. The second kappa shape index (κ2) is 10.8. The van der Waals surface area contributed by atoms with Gasteiger partial charge in [-0.2, -0.15) is 0 Å². The van der Waals surface area contributed by atoms with Crippen LogP contribution in [0.15, 0.2) is 29.3 Å². The lowest BCUT2D eigenvalue weighted by molar-refractivity contribution is -0.132. The van der Waals surface area contributed by atoms with Crippen molar-refractivity contribution in [1.82, 2.24) is 9.80 Å². The number of hydrogen-bond acceptors (Lipinski definition) is 4. The van der Waals surface area contributed by atoms with Crippen LogP contribution in [-0.4, -0.2) is 52.9 Å². The van der Waals surface area contributed by atoms with Gasteiger partial charge in [0.05, 0.1) is 0 Å². The fourth-order valence-corrected chi connectivity index (χ4v) is 4.78. The first-order chi connectivity index (χ1) is 15.4. The van der Waals surface area contributed by atoms with E-state index in [9.17, 15) is 9.59 Å². The minimum absolute atomic E-state index is 0.0606. The molecule has 1 unspecified atom stereocenters. The molecule has 2 aliphatic rings. The number of nitrogens with one attached hydrogen (secondary N) is 1. The van der Waals surface area contributed by atoms with Gasteiger partial charge >= 0.3 is 6.03 Å². The lowest BCUT2D eigenvalue weighted by atomic mass is 9.87. The second-order valence-electron chi connectivity index (χ2n) is 9.35. The van der Waals surface area contributed by atoms with E-state index in [1.54, 1.807) is 4.90 Å². The summed E-state index contributed by atoms with van der Waals surface area (Å²) in [4.78, 5) is 34.2. The number of nitrogens with two attached hydrogens (primary N) is 1. The Morgan fingerprint density at radius 2 is 1.97 bits per heavy atom. The van der Waals surface area contributed by atoms with Crippen molar-refractivity contribution >= 4 is 23.6 Å². The zero-order valence-electron chi connectivity index (χ0n) is 19.9. The van der Waals surface area contributed by atoms with Crippen LogP contribution in [0.2, 0.25) is 0 Å². The van der Waals surface area contributed by atoms with Gasteiger partial charge in [-0.15, -0.1) is 0 Å². The molecule has 32 heavy (non-hydrogen) atoms. The molecule has 1 fully saturated rings. The first kappa shape index (κ1) is 24.1. The lowest BCUT2D eigenvalue weighted by Gasteiger charge is -2.26. The van der Waals surface area contributed by atoms with Crippen LogP contribution in [0.1, 0.15) is 70.8 Å². The third kappa shape index (κ3) is 5.61. The number of likely N-dealkylation sites (tertiary alicyclic amines) is 1. The summed E-state index contributed by atoms with van der Waals surface area (Å²) < 4.78 is 0. The highest BCUT2D eigenvalue weighted by Crippen LogP contribution is 2.33. The smallest absolute Gasteiger partial charge is 0.321 e. The van der Waals surface area contributed by atoms with Crippen LogP contribution in [0, 0.1) is 12.8 Å². The third-order valence-corrected chi connectivity index (χ3v) is 6.74. The van der Waals surface area contributed by atoms with Crippen LogP contribution in [0.3, 0.4) is 0 Å². The Labute approximate surface area is 192 Å². The summed E-state index contributed by atoms with van der Waals surface area (Å²) in [6.45, 7) is 8.29. The molecule has 1 aromatic carbocycles. The van der Waals surface area contributed by atoms with Crippen LogP contribution in [0.4, 0.5) is 10.5 Å². The van der Waals surface area contributed by atoms with Gasteiger partial charge in [-0.3, -0.25) is 9.69 Å². The molecule has 1 aromatic rings. The van der Waals surface area contributed by atoms with Gasteiger partial charge < -0.3 is 16.0 Å². The molecular weight excluding hydrogens is 402 g/mol. The minimum atomic E-state index is -0.661. The van der Waals surface area contributed by atoms with E-state index in [1.165, 1.54) is 0 Å². The Hall–Kier alpha value is -2.57. The number of aliphatic imine (C=N–C) groups is 1. The number of aryl methyl sites for hydroxylation is 1. The maximum atomic E-state index is 13.3. The van der Waals surface area contributed by atoms with Gasteiger partial charge in [0.25, 0.3) is 5.91 Å². The van der Waals surface area contributed by atoms with Gasteiger partial charge in [-0.1, -0.05) is 51.7 Å². The van der Waals surface area contributed by atoms with E-state index in [2.05, 4.69) is 19.2 Å². The van der Waals surface area contributed by atoms with E-state index in [0.717, 1.165) is 69.2 Å². The van der Waals surface area contributed by atoms with E-state index in [1.807, 2.05) is 36.1 Å². The molecule has 1 atom stereocenters. The maximum absolute atomic E-state index is 13.3. The number of hydrogen-bond donors (Lipinski definition) is 2. The molecule has 176 valence electrons. The van der Waals surface area contributed by atoms with Gasteiger partial charge in [0, 0.05) is 25.3 Å².